The second-order valence-electron chi connectivity index (χ2n) is 6.77. The number of benzene rings is 1. The molecule has 1 aromatic carbocycles. The van der Waals surface area contributed by atoms with Crippen molar-refractivity contribution in [1.82, 2.24) is 15.0 Å². The van der Waals surface area contributed by atoms with Crippen molar-refractivity contribution in [2.24, 2.45) is 0 Å². The summed E-state index contributed by atoms with van der Waals surface area (Å²) in [7, 11) is 0. The highest BCUT2D eigenvalue weighted by atomic mass is 79.9. The van der Waals surface area contributed by atoms with Gasteiger partial charge in [-0.25, -0.2) is 0 Å². The second-order valence-corrected chi connectivity index (χ2v) is 7.62. The summed E-state index contributed by atoms with van der Waals surface area (Å²) in [6.45, 7) is 6.04. The maximum absolute atomic E-state index is 12.2. The molecule has 150 valence electrons. The Morgan fingerprint density at radius 3 is 2.50 bits per heavy atom. The number of nitrogens with one attached hydrogen (secondary N) is 2. The molecule has 1 aliphatic heterocycles. The highest BCUT2D eigenvalue weighted by Crippen LogP contribution is 2.21. The lowest BCUT2D eigenvalue weighted by Crippen LogP contribution is -2.49. The van der Waals surface area contributed by atoms with Gasteiger partial charge in [0, 0.05) is 49.7 Å². The van der Waals surface area contributed by atoms with Crippen molar-refractivity contribution in [3.05, 3.63) is 40.6 Å². The van der Waals surface area contributed by atoms with Crippen LogP contribution in [0.3, 0.4) is 0 Å². The van der Waals surface area contributed by atoms with E-state index in [9.17, 15) is 9.59 Å². The lowest BCUT2D eigenvalue weighted by molar-refractivity contribution is -0.117. The van der Waals surface area contributed by atoms with Gasteiger partial charge >= 0.3 is 0 Å². The van der Waals surface area contributed by atoms with Crippen LogP contribution in [0.15, 0.2) is 39.3 Å². The third-order valence-electron chi connectivity index (χ3n) is 4.53. The van der Waals surface area contributed by atoms with E-state index in [4.69, 9.17) is 4.52 Å². The molecule has 9 heteroatoms. The molecule has 1 fully saturated rings. The molecule has 0 bridgehead atoms. The Balaban J connectivity index is 1.34. The Labute approximate surface area is 172 Å². The average Bonchev–Trinajstić information content (AvgIpc) is 3.07. The van der Waals surface area contributed by atoms with Crippen LogP contribution in [-0.2, 0) is 9.59 Å². The van der Waals surface area contributed by atoms with E-state index in [1.165, 1.54) is 0 Å². The number of nitrogens with zero attached hydrogens (tertiary/aromatic N) is 3. The number of carbonyl (C=O) groups is 2. The van der Waals surface area contributed by atoms with Crippen molar-refractivity contribution in [1.29, 1.82) is 0 Å². The van der Waals surface area contributed by atoms with Gasteiger partial charge in [0.15, 0.2) is 5.82 Å². The molecule has 2 heterocycles. The number of piperazine rings is 1. The number of anilines is 2. The van der Waals surface area contributed by atoms with E-state index >= 15 is 0 Å². The zero-order valence-corrected chi connectivity index (χ0v) is 17.4. The van der Waals surface area contributed by atoms with Gasteiger partial charge in [-0.2, -0.15) is 0 Å². The molecule has 2 aromatic rings. The normalized spacial score (nSPS) is 15.4. The van der Waals surface area contributed by atoms with Crippen LogP contribution in [-0.4, -0.2) is 66.0 Å². The molecule has 28 heavy (non-hydrogen) atoms. The maximum Gasteiger partial charge on any atom is 0.239 e. The Morgan fingerprint density at radius 2 is 1.82 bits per heavy atom. The lowest BCUT2D eigenvalue weighted by atomic mass is 10.2. The number of hydrogen-bond acceptors (Lipinski definition) is 6. The topological polar surface area (TPSA) is 90.7 Å². The zero-order chi connectivity index (χ0) is 19.9. The predicted octanol–water partition coefficient (Wildman–Crippen LogP) is 2.33. The summed E-state index contributed by atoms with van der Waals surface area (Å²) in [6, 6.07) is 9.25. The van der Waals surface area contributed by atoms with E-state index in [2.05, 4.69) is 41.5 Å². The van der Waals surface area contributed by atoms with Crippen molar-refractivity contribution in [2.75, 3.05) is 49.9 Å². The van der Waals surface area contributed by atoms with Crippen molar-refractivity contribution in [2.45, 2.75) is 13.3 Å². The molecule has 8 nitrogen and oxygen atoms in total. The van der Waals surface area contributed by atoms with E-state index in [0.717, 1.165) is 36.3 Å². The second kappa shape index (κ2) is 9.81. The maximum atomic E-state index is 12.2. The van der Waals surface area contributed by atoms with Crippen LogP contribution in [0.5, 0.6) is 0 Å². The Hall–Kier alpha value is -2.23. The molecule has 0 unspecified atom stereocenters. The smallest absolute Gasteiger partial charge is 0.239 e. The first kappa shape index (κ1) is 20.5. The SMILES string of the molecule is Cc1cc(NC(=O)CN2CCN(CCC(=O)Nc3ccccc3Br)CC2)no1. The fraction of sp³-hybridized carbons (Fsp3) is 0.421. The molecule has 3 rings (SSSR count). The Kier molecular flexibility index (Phi) is 7.18. The molecule has 0 aliphatic carbocycles. The first-order valence-corrected chi connectivity index (χ1v) is 10.0. The first-order chi connectivity index (χ1) is 13.5. The zero-order valence-electron chi connectivity index (χ0n) is 15.8. The highest BCUT2D eigenvalue weighted by molar-refractivity contribution is 9.10. The van der Waals surface area contributed by atoms with E-state index in [1.807, 2.05) is 24.3 Å². The van der Waals surface area contributed by atoms with Crippen LogP contribution in [0.4, 0.5) is 11.5 Å². The molecular formula is C19H24BrN5O3. The van der Waals surface area contributed by atoms with Gasteiger partial charge in [-0.15, -0.1) is 0 Å². The number of carbonyl (C=O) groups excluding carboxylic acids is 2. The molecule has 2 N–H and O–H groups in total. The van der Waals surface area contributed by atoms with E-state index in [-0.39, 0.29) is 11.8 Å². The molecule has 1 aliphatic rings. The predicted molar refractivity (Wildman–Crippen MR) is 110 cm³/mol. The fourth-order valence-corrected chi connectivity index (χ4v) is 3.40. The van der Waals surface area contributed by atoms with Gasteiger partial charge in [0.2, 0.25) is 11.8 Å². The summed E-state index contributed by atoms with van der Waals surface area (Å²) in [5.74, 6) is 0.996. The molecule has 0 saturated carbocycles. The molecule has 0 spiro atoms. The minimum atomic E-state index is -0.102. The lowest BCUT2D eigenvalue weighted by Gasteiger charge is -2.34. The number of rotatable bonds is 7. The van der Waals surface area contributed by atoms with Crippen LogP contribution >= 0.6 is 15.9 Å². The first-order valence-electron chi connectivity index (χ1n) is 9.22. The van der Waals surface area contributed by atoms with Gasteiger partial charge in [0.1, 0.15) is 5.76 Å². The number of aryl methyl sites for hydroxylation is 1. The quantitative estimate of drug-likeness (QED) is 0.673. The summed E-state index contributed by atoms with van der Waals surface area (Å²) in [5.41, 5.74) is 0.783. The van der Waals surface area contributed by atoms with Gasteiger partial charge in [0.05, 0.1) is 12.2 Å². The van der Waals surface area contributed by atoms with E-state index < -0.39 is 0 Å². The molecule has 1 saturated heterocycles. The summed E-state index contributed by atoms with van der Waals surface area (Å²) in [6.07, 6.45) is 0.438. The van der Waals surface area contributed by atoms with Crippen LogP contribution in [0.25, 0.3) is 0 Å². The standard InChI is InChI=1S/C19H24BrN5O3/c1-14-12-17(23-28-14)22-19(27)13-25-10-8-24(9-11-25)7-6-18(26)21-16-5-3-2-4-15(16)20/h2-5,12H,6-11,13H2,1H3,(H,21,26)(H,22,23,27). The van der Waals surface area contributed by atoms with Crippen LogP contribution in [0.2, 0.25) is 0 Å². The average molecular weight is 450 g/mol. The Bertz CT molecular complexity index is 817. The molecule has 1 aromatic heterocycles. The summed E-state index contributed by atoms with van der Waals surface area (Å²) >= 11 is 3.43. The molecule has 2 amide bonds. The van der Waals surface area contributed by atoms with E-state index in [0.29, 0.717) is 31.1 Å². The number of halogens is 1. The Morgan fingerprint density at radius 1 is 1.11 bits per heavy atom. The van der Waals surface area contributed by atoms with E-state index in [1.54, 1.807) is 13.0 Å². The number of amides is 2. The minimum absolute atomic E-state index is 0.00314. The molecule has 0 radical (unpaired) electrons. The summed E-state index contributed by atoms with van der Waals surface area (Å²) < 4.78 is 5.81. The third-order valence-corrected chi connectivity index (χ3v) is 5.22. The van der Waals surface area contributed by atoms with Crippen molar-refractivity contribution < 1.29 is 14.1 Å². The monoisotopic (exact) mass is 449 g/mol. The molecular weight excluding hydrogens is 426 g/mol. The summed E-state index contributed by atoms with van der Waals surface area (Å²) in [5, 5.41) is 9.42. The van der Waals surface area contributed by atoms with Gasteiger partial charge < -0.3 is 20.1 Å². The van der Waals surface area contributed by atoms with Gasteiger partial charge in [0.25, 0.3) is 0 Å². The number of para-hydroxylation sites is 1. The minimum Gasteiger partial charge on any atom is -0.360 e. The fourth-order valence-electron chi connectivity index (χ4n) is 3.02. The highest BCUT2D eigenvalue weighted by Gasteiger charge is 2.20. The van der Waals surface area contributed by atoms with Crippen LogP contribution in [0, 0.1) is 6.92 Å². The van der Waals surface area contributed by atoms with Crippen molar-refractivity contribution >= 4 is 39.2 Å². The van der Waals surface area contributed by atoms with Crippen molar-refractivity contribution in [3.8, 4) is 0 Å². The number of hydrogen-bond donors (Lipinski definition) is 2. The van der Waals surface area contributed by atoms with Crippen LogP contribution < -0.4 is 10.6 Å². The van der Waals surface area contributed by atoms with Gasteiger partial charge in [-0.3, -0.25) is 14.5 Å². The number of aromatic nitrogens is 1. The largest absolute Gasteiger partial charge is 0.360 e. The van der Waals surface area contributed by atoms with Gasteiger partial charge in [-0.05, 0) is 35.0 Å². The molecule has 0 atom stereocenters. The van der Waals surface area contributed by atoms with Crippen molar-refractivity contribution in [3.63, 3.8) is 0 Å². The summed E-state index contributed by atoms with van der Waals surface area (Å²) in [4.78, 5) is 28.6. The van der Waals surface area contributed by atoms with Gasteiger partial charge in [-0.1, -0.05) is 17.3 Å². The third kappa shape index (κ3) is 6.15. The van der Waals surface area contributed by atoms with Crippen LogP contribution in [0.1, 0.15) is 12.2 Å².